The lowest BCUT2D eigenvalue weighted by Crippen LogP contribution is -2.21. The van der Waals surface area contributed by atoms with Gasteiger partial charge in [-0.2, -0.15) is 4.98 Å². The van der Waals surface area contributed by atoms with Gasteiger partial charge in [0.1, 0.15) is 12.9 Å². The molecule has 0 atom stereocenters. The monoisotopic (exact) mass is 433 g/mol. The summed E-state index contributed by atoms with van der Waals surface area (Å²) in [6.07, 6.45) is 1.44. The SMILES string of the molecule is Cc1ccccc1Cn1nnc2c(=O)n(Cc3nc(-c4cccc(Cl)c4)no3)cnc21. The molecule has 5 rings (SSSR count). The molecule has 0 amide bonds. The number of rotatable bonds is 5. The highest BCUT2D eigenvalue weighted by Gasteiger charge is 2.15. The van der Waals surface area contributed by atoms with E-state index in [2.05, 4.69) is 25.4 Å². The normalized spacial score (nSPS) is 11.3. The van der Waals surface area contributed by atoms with E-state index in [4.69, 9.17) is 16.1 Å². The highest BCUT2D eigenvalue weighted by atomic mass is 35.5. The number of fused-ring (bicyclic) bond motifs is 1. The van der Waals surface area contributed by atoms with E-state index in [1.54, 1.807) is 22.9 Å². The van der Waals surface area contributed by atoms with E-state index in [0.29, 0.717) is 23.0 Å². The molecule has 0 saturated carbocycles. The fourth-order valence-electron chi connectivity index (χ4n) is 3.26. The topological polar surface area (TPSA) is 105 Å². The molecule has 3 heterocycles. The molecule has 0 spiro atoms. The van der Waals surface area contributed by atoms with Gasteiger partial charge in [-0.1, -0.05) is 58.4 Å². The van der Waals surface area contributed by atoms with Gasteiger partial charge in [0, 0.05) is 10.6 Å². The first-order valence-electron chi connectivity index (χ1n) is 9.50. The van der Waals surface area contributed by atoms with Crippen LogP contribution in [0.3, 0.4) is 0 Å². The molecule has 0 aliphatic carbocycles. The number of nitrogens with zero attached hydrogens (tertiary/aromatic N) is 7. The van der Waals surface area contributed by atoms with Crippen molar-refractivity contribution in [2.45, 2.75) is 20.0 Å². The van der Waals surface area contributed by atoms with Gasteiger partial charge in [-0.3, -0.25) is 9.36 Å². The van der Waals surface area contributed by atoms with E-state index in [1.165, 1.54) is 10.9 Å². The lowest BCUT2D eigenvalue weighted by molar-refractivity contribution is 0.369. The van der Waals surface area contributed by atoms with Gasteiger partial charge in [0.2, 0.25) is 11.7 Å². The molecular formula is C21H16ClN7O2. The molecule has 0 unspecified atom stereocenters. The number of aryl methyl sites for hydroxylation is 1. The van der Waals surface area contributed by atoms with Crippen LogP contribution in [0, 0.1) is 6.92 Å². The first-order valence-corrected chi connectivity index (χ1v) is 9.88. The Bertz CT molecular complexity index is 1450. The number of halogens is 1. The van der Waals surface area contributed by atoms with E-state index in [0.717, 1.165) is 16.7 Å². The Morgan fingerprint density at radius 3 is 2.81 bits per heavy atom. The largest absolute Gasteiger partial charge is 0.337 e. The fourth-order valence-corrected chi connectivity index (χ4v) is 3.45. The Morgan fingerprint density at radius 1 is 1.10 bits per heavy atom. The van der Waals surface area contributed by atoms with Crippen molar-refractivity contribution >= 4 is 22.8 Å². The maximum atomic E-state index is 12.9. The molecular weight excluding hydrogens is 418 g/mol. The predicted octanol–water partition coefficient (Wildman–Crippen LogP) is 3.10. The van der Waals surface area contributed by atoms with Crippen LogP contribution < -0.4 is 5.56 Å². The van der Waals surface area contributed by atoms with Gasteiger partial charge in [-0.15, -0.1) is 5.10 Å². The second-order valence-corrected chi connectivity index (χ2v) is 7.48. The van der Waals surface area contributed by atoms with Crippen molar-refractivity contribution in [3.63, 3.8) is 0 Å². The van der Waals surface area contributed by atoms with Crippen molar-refractivity contribution < 1.29 is 4.52 Å². The number of hydrogen-bond donors (Lipinski definition) is 0. The molecule has 154 valence electrons. The van der Waals surface area contributed by atoms with Crippen molar-refractivity contribution in [1.29, 1.82) is 0 Å². The summed E-state index contributed by atoms with van der Waals surface area (Å²) in [5.74, 6) is 0.661. The Hall–Kier alpha value is -3.85. The number of hydrogen-bond acceptors (Lipinski definition) is 7. The van der Waals surface area contributed by atoms with Crippen molar-refractivity contribution in [3.05, 3.63) is 87.3 Å². The summed E-state index contributed by atoms with van der Waals surface area (Å²) >= 11 is 6.01. The van der Waals surface area contributed by atoms with Gasteiger partial charge in [0.05, 0.1) is 6.54 Å². The highest BCUT2D eigenvalue weighted by molar-refractivity contribution is 6.30. The maximum absolute atomic E-state index is 12.9. The summed E-state index contributed by atoms with van der Waals surface area (Å²) in [5, 5.41) is 12.7. The third-order valence-corrected chi connectivity index (χ3v) is 5.16. The molecule has 31 heavy (non-hydrogen) atoms. The second-order valence-electron chi connectivity index (χ2n) is 7.05. The fraction of sp³-hybridized carbons (Fsp3) is 0.143. The van der Waals surface area contributed by atoms with E-state index in [-0.39, 0.29) is 23.5 Å². The lowest BCUT2D eigenvalue weighted by atomic mass is 10.1. The Morgan fingerprint density at radius 2 is 1.97 bits per heavy atom. The van der Waals surface area contributed by atoms with Crippen molar-refractivity contribution in [3.8, 4) is 11.4 Å². The Kier molecular flexibility index (Phi) is 4.79. The first-order chi connectivity index (χ1) is 15.1. The molecule has 5 aromatic rings. The lowest BCUT2D eigenvalue weighted by Gasteiger charge is -2.06. The van der Waals surface area contributed by atoms with Crippen molar-refractivity contribution in [2.75, 3.05) is 0 Å². The van der Waals surface area contributed by atoms with Crippen LogP contribution in [0.25, 0.3) is 22.6 Å². The summed E-state index contributed by atoms with van der Waals surface area (Å²) in [5.41, 5.74) is 3.22. The third-order valence-electron chi connectivity index (χ3n) is 4.93. The quantitative estimate of drug-likeness (QED) is 0.419. The minimum Gasteiger partial charge on any atom is -0.337 e. The van der Waals surface area contributed by atoms with Crippen LogP contribution in [0.2, 0.25) is 5.02 Å². The van der Waals surface area contributed by atoms with Crippen LogP contribution in [-0.2, 0) is 13.1 Å². The van der Waals surface area contributed by atoms with Crippen molar-refractivity contribution in [2.24, 2.45) is 0 Å². The zero-order valence-electron chi connectivity index (χ0n) is 16.4. The molecule has 0 radical (unpaired) electrons. The molecule has 0 bridgehead atoms. The van der Waals surface area contributed by atoms with E-state index in [9.17, 15) is 4.79 Å². The molecule has 10 heteroatoms. The summed E-state index contributed by atoms with van der Waals surface area (Å²) in [6, 6.07) is 15.1. The minimum absolute atomic E-state index is 0.0694. The third kappa shape index (κ3) is 3.71. The average molecular weight is 434 g/mol. The molecule has 0 fully saturated rings. The van der Waals surface area contributed by atoms with Crippen LogP contribution in [0.4, 0.5) is 0 Å². The Balaban J connectivity index is 1.42. The summed E-state index contributed by atoms with van der Waals surface area (Å²) < 4.78 is 8.28. The van der Waals surface area contributed by atoms with Crippen LogP contribution >= 0.6 is 11.6 Å². The van der Waals surface area contributed by atoms with Crippen LogP contribution in [0.5, 0.6) is 0 Å². The zero-order valence-corrected chi connectivity index (χ0v) is 17.2. The smallest absolute Gasteiger partial charge is 0.283 e. The first kappa shape index (κ1) is 19.1. The van der Waals surface area contributed by atoms with Crippen LogP contribution in [-0.4, -0.2) is 34.7 Å². The molecule has 0 aliphatic heterocycles. The highest BCUT2D eigenvalue weighted by Crippen LogP contribution is 2.20. The standard InChI is InChI=1S/C21H16ClN7O2/c1-13-5-2-3-6-15(13)10-29-20-18(25-27-29)21(30)28(12-23-20)11-17-24-19(26-31-17)14-7-4-8-16(22)9-14/h2-9,12H,10-11H2,1H3. The molecule has 0 saturated heterocycles. The zero-order chi connectivity index (χ0) is 21.4. The van der Waals surface area contributed by atoms with Gasteiger partial charge >= 0.3 is 0 Å². The summed E-state index contributed by atoms with van der Waals surface area (Å²) in [7, 11) is 0. The van der Waals surface area contributed by atoms with Crippen LogP contribution in [0.1, 0.15) is 17.0 Å². The minimum atomic E-state index is -0.330. The Labute approximate surface area is 180 Å². The van der Waals surface area contributed by atoms with Gasteiger partial charge in [-0.05, 0) is 30.2 Å². The van der Waals surface area contributed by atoms with Crippen molar-refractivity contribution in [1.82, 2.24) is 34.7 Å². The van der Waals surface area contributed by atoms with E-state index >= 15 is 0 Å². The van der Waals surface area contributed by atoms with Gasteiger partial charge in [0.25, 0.3) is 5.56 Å². The summed E-state index contributed by atoms with van der Waals surface area (Å²) in [4.78, 5) is 21.6. The molecule has 9 nitrogen and oxygen atoms in total. The van der Waals surface area contributed by atoms with E-state index in [1.807, 2.05) is 37.3 Å². The molecule has 3 aromatic heterocycles. The summed E-state index contributed by atoms with van der Waals surface area (Å²) in [6.45, 7) is 2.57. The van der Waals surface area contributed by atoms with Crippen LogP contribution in [0.15, 0.2) is 64.2 Å². The number of benzene rings is 2. The van der Waals surface area contributed by atoms with E-state index < -0.39 is 0 Å². The molecule has 0 aliphatic rings. The average Bonchev–Trinajstić information content (AvgIpc) is 3.40. The second kappa shape index (κ2) is 7.77. The molecule has 0 N–H and O–H groups in total. The van der Waals surface area contributed by atoms with Gasteiger partial charge in [-0.25, -0.2) is 9.67 Å². The predicted molar refractivity (Wildman–Crippen MR) is 114 cm³/mol. The molecule has 2 aromatic carbocycles. The van der Waals surface area contributed by atoms with Gasteiger partial charge < -0.3 is 4.52 Å². The van der Waals surface area contributed by atoms with Gasteiger partial charge in [0.15, 0.2) is 11.2 Å². The number of aromatic nitrogens is 7. The maximum Gasteiger partial charge on any atom is 0.283 e.